The normalized spacial score (nSPS) is 12.7. The molecule has 0 aliphatic rings. The zero-order valence-corrected chi connectivity index (χ0v) is 7.52. The molecule has 0 saturated carbocycles. The van der Waals surface area contributed by atoms with Gasteiger partial charge in [-0.05, 0) is 13.3 Å². The fourth-order valence-electron chi connectivity index (χ4n) is 0.468. The van der Waals surface area contributed by atoms with Crippen molar-refractivity contribution in [2.24, 2.45) is 0 Å². The largest absolute Gasteiger partial charge is 0.393 e. The van der Waals surface area contributed by atoms with Crippen LogP contribution in [0.5, 0.6) is 0 Å². The van der Waals surface area contributed by atoms with E-state index in [2.05, 4.69) is 21.2 Å². The van der Waals surface area contributed by atoms with Gasteiger partial charge in [0.25, 0.3) is 0 Å². The Bertz CT molecular complexity index is 106. The molecule has 0 aromatic carbocycles. The summed E-state index contributed by atoms with van der Waals surface area (Å²) >= 11 is 3.01. The van der Waals surface area contributed by atoms with Crippen LogP contribution in [0.2, 0.25) is 0 Å². The fraction of sp³-hybridized carbons (Fsp3) is 0.833. The Labute approximate surface area is 68.9 Å². The van der Waals surface area contributed by atoms with Crippen LogP contribution in [0, 0.1) is 0 Å². The minimum Gasteiger partial charge on any atom is -0.393 e. The smallest absolute Gasteiger partial charge is 0.230 e. The zero-order chi connectivity index (χ0) is 7.98. The van der Waals surface area contributed by atoms with Crippen molar-refractivity contribution in [1.82, 2.24) is 5.32 Å². The minimum atomic E-state index is -0.337. The second-order valence-electron chi connectivity index (χ2n) is 2.12. The molecule has 3 nitrogen and oxygen atoms in total. The number of halogens is 1. The van der Waals surface area contributed by atoms with E-state index in [1.54, 1.807) is 6.92 Å². The molecular formula is C6H12BrNO2. The van der Waals surface area contributed by atoms with Crippen LogP contribution in [0.15, 0.2) is 0 Å². The lowest BCUT2D eigenvalue weighted by atomic mass is 10.3. The van der Waals surface area contributed by atoms with Crippen LogP contribution in [0.3, 0.4) is 0 Å². The first-order valence-electron chi connectivity index (χ1n) is 3.17. The van der Waals surface area contributed by atoms with Gasteiger partial charge in [-0.3, -0.25) is 4.79 Å². The van der Waals surface area contributed by atoms with Crippen LogP contribution in [0.4, 0.5) is 0 Å². The summed E-state index contributed by atoms with van der Waals surface area (Å²) < 4.78 is 0. The highest BCUT2D eigenvalue weighted by molar-refractivity contribution is 9.09. The van der Waals surface area contributed by atoms with Crippen molar-refractivity contribution in [1.29, 1.82) is 0 Å². The van der Waals surface area contributed by atoms with Gasteiger partial charge in [0.2, 0.25) is 5.91 Å². The van der Waals surface area contributed by atoms with Gasteiger partial charge in [-0.2, -0.15) is 0 Å². The SMILES string of the molecule is CC(O)CCNC(=O)CBr. The zero-order valence-electron chi connectivity index (χ0n) is 5.93. The minimum absolute atomic E-state index is 0.0411. The number of hydrogen-bond donors (Lipinski definition) is 2. The molecule has 0 spiro atoms. The van der Waals surface area contributed by atoms with Crippen molar-refractivity contribution in [2.75, 3.05) is 11.9 Å². The maximum absolute atomic E-state index is 10.6. The molecule has 0 rings (SSSR count). The first-order valence-corrected chi connectivity index (χ1v) is 4.29. The van der Waals surface area contributed by atoms with Crippen molar-refractivity contribution < 1.29 is 9.90 Å². The number of carbonyl (C=O) groups is 1. The van der Waals surface area contributed by atoms with Gasteiger partial charge in [0, 0.05) is 6.54 Å². The molecule has 0 aliphatic carbocycles. The van der Waals surface area contributed by atoms with Crippen LogP contribution in [0.25, 0.3) is 0 Å². The number of rotatable bonds is 4. The Kier molecular flexibility index (Phi) is 5.63. The van der Waals surface area contributed by atoms with E-state index in [9.17, 15) is 4.79 Å². The maximum Gasteiger partial charge on any atom is 0.230 e. The molecule has 0 aromatic heterocycles. The van der Waals surface area contributed by atoms with Gasteiger partial charge >= 0.3 is 0 Å². The first kappa shape index (κ1) is 9.91. The molecule has 1 amide bonds. The summed E-state index contributed by atoms with van der Waals surface area (Å²) in [6.07, 6.45) is 0.272. The molecule has 0 fully saturated rings. The van der Waals surface area contributed by atoms with Gasteiger partial charge in [-0.1, -0.05) is 15.9 Å². The number of aliphatic hydroxyl groups is 1. The lowest BCUT2D eigenvalue weighted by molar-refractivity contribution is -0.118. The summed E-state index contributed by atoms with van der Waals surface area (Å²) in [6, 6.07) is 0. The molecule has 1 unspecified atom stereocenters. The van der Waals surface area contributed by atoms with Crippen LogP contribution >= 0.6 is 15.9 Å². The predicted octanol–water partition coefficient (Wildman–Crippen LogP) is 0.268. The highest BCUT2D eigenvalue weighted by atomic mass is 79.9. The van der Waals surface area contributed by atoms with E-state index in [1.807, 2.05) is 0 Å². The number of nitrogens with one attached hydrogen (secondary N) is 1. The molecule has 10 heavy (non-hydrogen) atoms. The van der Waals surface area contributed by atoms with E-state index in [4.69, 9.17) is 5.11 Å². The van der Waals surface area contributed by atoms with E-state index < -0.39 is 0 Å². The van der Waals surface area contributed by atoms with Gasteiger partial charge in [0.1, 0.15) is 0 Å². The summed E-state index contributed by atoms with van der Waals surface area (Å²) in [4.78, 5) is 10.6. The van der Waals surface area contributed by atoms with E-state index in [1.165, 1.54) is 0 Å². The average molecular weight is 210 g/mol. The second-order valence-corrected chi connectivity index (χ2v) is 2.68. The van der Waals surface area contributed by atoms with E-state index in [0.29, 0.717) is 18.3 Å². The molecule has 0 aliphatic heterocycles. The van der Waals surface area contributed by atoms with Crippen molar-refractivity contribution in [3.05, 3.63) is 0 Å². The standard InChI is InChI=1S/C6H12BrNO2/c1-5(9)2-3-8-6(10)4-7/h5,9H,2-4H2,1H3,(H,8,10). The van der Waals surface area contributed by atoms with Crippen LogP contribution < -0.4 is 5.32 Å². The third kappa shape index (κ3) is 6.04. The van der Waals surface area contributed by atoms with Gasteiger partial charge < -0.3 is 10.4 Å². The average Bonchev–Trinajstić information content (AvgIpc) is 1.87. The number of carbonyl (C=O) groups excluding carboxylic acids is 1. The molecule has 2 N–H and O–H groups in total. The van der Waals surface area contributed by atoms with E-state index in [-0.39, 0.29) is 12.0 Å². The summed E-state index contributed by atoms with van der Waals surface area (Å²) in [7, 11) is 0. The molecule has 0 heterocycles. The monoisotopic (exact) mass is 209 g/mol. The van der Waals surface area contributed by atoms with E-state index >= 15 is 0 Å². The Balaban J connectivity index is 3.12. The third-order valence-electron chi connectivity index (χ3n) is 1.01. The van der Waals surface area contributed by atoms with Gasteiger partial charge in [-0.25, -0.2) is 0 Å². The van der Waals surface area contributed by atoms with Crippen LogP contribution in [0.1, 0.15) is 13.3 Å². The maximum atomic E-state index is 10.6. The second kappa shape index (κ2) is 5.68. The molecule has 1 atom stereocenters. The summed E-state index contributed by atoms with van der Waals surface area (Å²) in [5, 5.41) is 11.7. The third-order valence-corrected chi connectivity index (χ3v) is 1.51. The Morgan fingerprint density at radius 2 is 2.40 bits per heavy atom. The van der Waals surface area contributed by atoms with Crippen molar-refractivity contribution >= 4 is 21.8 Å². The first-order chi connectivity index (χ1) is 4.66. The van der Waals surface area contributed by atoms with Crippen molar-refractivity contribution in [3.63, 3.8) is 0 Å². The molecule has 4 heteroatoms. The molecule has 0 saturated heterocycles. The lowest BCUT2D eigenvalue weighted by Gasteiger charge is -2.03. The Hall–Kier alpha value is -0.0900. The van der Waals surface area contributed by atoms with E-state index in [0.717, 1.165) is 0 Å². The fourth-order valence-corrected chi connectivity index (χ4v) is 0.666. The van der Waals surface area contributed by atoms with Crippen molar-refractivity contribution in [3.8, 4) is 0 Å². The van der Waals surface area contributed by atoms with Gasteiger partial charge in [0.05, 0.1) is 11.4 Å². The Morgan fingerprint density at radius 3 is 2.80 bits per heavy atom. The number of aliphatic hydroxyl groups excluding tert-OH is 1. The molecule has 0 radical (unpaired) electrons. The molecule has 60 valence electrons. The highest BCUT2D eigenvalue weighted by Crippen LogP contribution is 1.86. The molecule has 0 bridgehead atoms. The van der Waals surface area contributed by atoms with Crippen molar-refractivity contribution in [2.45, 2.75) is 19.4 Å². The Morgan fingerprint density at radius 1 is 1.80 bits per heavy atom. The topological polar surface area (TPSA) is 49.3 Å². The van der Waals surface area contributed by atoms with Crippen LogP contribution in [-0.2, 0) is 4.79 Å². The number of alkyl halides is 1. The number of amides is 1. The summed E-state index contributed by atoms with van der Waals surface area (Å²) in [6.45, 7) is 2.24. The lowest BCUT2D eigenvalue weighted by Crippen LogP contribution is -2.27. The summed E-state index contributed by atoms with van der Waals surface area (Å²) in [5.74, 6) is -0.0411. The van der Waals surface area contributed by atoms with Gasteiger partial charge in [-0.15, -0.1) is 0 Å². The molecular weight excluding hydrogens is 198 g/mol. The molecule has 0 aromatic rings. The van der Waals surface area contributed by atoms with Gasteiger partial charge in [0.15, 0.2) is 0 Å². The number of hydrogen-bond acceptors (Lipinski definition) is 2. The van der Waals surface area contributed by atoms with Crippen LogP contribution in [-0.4, -0.2) is 29.0 Å². The predicted molar refractivity (Wildman–Crippen MR) is 43.1 cm³/mol. The summed E-state index contributed by atoms with van der Waals surface area (Å²) in [5.41, 5.74) is 0. The highest BCUT2D eigenvalue weighted by Gasteiger charge is 1.98. The quantitative estimate of drug-likeness (QED) is 0.654.